The summed E-state index contributed by atoms with van der Waals surface area (Å²) in [5, 5.41) is 4.45. The highest BCUT2D eigenvalue weighted by Gasteiger charge is 2.12. The lowest BCUT2D eigenvalue weighted by molar-refractivity contribution is 0.553. The Hall–Kier alpha value is -1.26. The molecule has 0 aliphatic carbocycles. The first-order valence-electron chi connectivity index (χ1n) is 7.47. The first-order valence-corrected chi connectivity index (χ1v) is 8.28. The number of nitrogens with zero attached hydrogens (tertiary/aromatic N) is 1. The van der Waals surface area contributed by atoms with Gasteiger partial charge in [0.1, 0.15) is 10.8 Å². The predicted octanol–water partition coefficient (Wildman–Crippen LogP) is 4.57. The molecule has 4 heteroatoms. The van der Waals surface area contributed by atoms with Crippen LogP contribution in [-0.4, -0.2) is 11.5 Å². The highest BCUT2D eigenvalue weighted by atomic mass is 32.1. The van der Waals surface area contributed by atoms with E-state index in [4.69, 9.17) is 4.98 Å². The van der Waals surface area contributed by atoms with E-state index in [0.29, 0.717) is 11.5 Å². The van der Waals surface area contributed by atoms with E-state index in [1.54, 1.807) is 18.3 Å². The van der Waals surface area contributed by atoms with Crippen LogP contribution in [0.5, 0.6) is 0 Å². The van der Waals surface area contributed by atoms with E-state index in [1.165, 1.54) is 10.9 Å². The van der Waals surface area contributed by atoms with Crippen molar-refractivity contribution in [3.63, 3.8) is 0 Å². The summed E-state index contributed by atoms with van der Waals surface area (Å²) in [6.45, 7) is 10.2. The van der Waals surface area contributed by atoms with Crippen molar-refractivity contribution < 1.29 is 4.39 Å². The fourth-order valence-corrected chi connectivity index (χ4v) is 3.29. The van der Waals surface area contributed by atoms with Crippen molar-refractivity contribution in [2.45, 2.75) is 40.7 Å². The van der Waals surface area contributed by atoms with E-state index >= 15 is 0 Å². The maximum absolute atomic E-state index is 13.4. The van der Waals surface area contributed by atoms with Crippen molar-refractivity contribution in [2.75, 3.05) is 6.54 Å². The maximum Gasteiger partial charge on any atom is 0.126 e. The van der Waals surface area contributed by atoms with Crippen LogP contribution in [0.25, 0.3) is 10.6 Å². The van der Waals surface area contributed by atoms with Crippen LogP contribution in [0.3, 0.4) is 0 Å². The lowest BCUT2D eigenvalue weighted by Gasteiger charge is -2.06. The third-order valence-electron chi connectivity index (χ3n) is 3.36. The number of benzene rings is 1. The summed E-state index contributed by atoms with van der Waals surface area (Å²) in [5.41, 5.74) is 2.82. The molecule has 0 fully saturated rings. The zero-order valence-corrected chi connectivity index (χ0v) is 14.0. The van der Waals surface area contributed by atoms with Crippen molar-refractivity contribution in [3.8, 4) is 10.6 Å². The van der Waals surface area contributed by atoms with Crippen LogP contribution >= 0.6 is 11.3 Å². The lowest BCUT2D eigenvalue weighted by Crippen LogP contribution is -2.18. The quantitative estimate of drug-likeness (QED) is 0.846. The molecule has 2 aromatic rings. The number of rotatable bonds is 6. The van der Waals surface area contributed by atoms with E-state index in [9.17, 15) is 4.39 Å². The molecule has 0 aliphatic heterocycles. The van der Waals surface area contributed by atoms with Crippen molar-refractivity contribution in [1.29, 1.82) is 0 Å². The van der Waals surface area contributed by atoms with Gasteiger partial charge >= 0.3 is 0 Å². The topological polar surface area (TPSA) is 24.9 Å². The second-order valence-electron chi connectivity index (χ2n) is 5.73. The summed E-state index contributed by atoms with van der Waals surface area (Å²) in [5.74, 6) is 0.479. The van der Waals surface area contributed by atoms with Crippen LogP contribution in [0.1, 0.15) is 36.9 Å². The largest absolute Gasteiger partial charge is 0.312 e. The standard InChI is InChI=1S/C17H23FN2S/c1-5-15-16(10-19-9-11(2)3)21-17(20-15)13-6-7-14(18)12(4)8-13/h6-8,11,19H,5,9-10H2,1-4H3. The molecule has 0 atom stereocenters. The number of nitrogens with one attached hydrogen (secondary N) is 1. The fourth-order valence-electron chi connectivity index (χ4n) is 2.17. The highest BCUT2D eigenvalue weighted by molar-refractivity contribution is 7.15. The molecule has 0 saturated carbocycles. The van der Waals surface area contributed by atoms with E-state index in [-0.39, 0.29) is 5.82 Å². The van der Waals surface area contributed by atoms with Gasteiger partial charge in [-0.3, -0.25) is 0 Å². The minimum atomic E-state index is -0.162. The van der Waals surface area contributed by atoms with Crippen LogP contribution in [0.4, 0.5) is 4.39 Å². The number of hydrogen-bond acceptors (Lipinski definition) is 3. The van der Waals surface area contributed by atoms with E-state index in [1.807, 2.05) is 12.1 Å². The average Bonchev–Trinajstić information content (AvgIpc) is 2.85. The Morgan fingerprint density at radius 3 is 2.71 bits per heavy atom. The van der Waals surface area contributed by atoms with Gasteiger partial charge in [-0.05, 0) is 49.6 Å². The zero-order valence-electron chi connectivity index (χ0n) is 13.2. The number of halogens is 1. The molecule has 0 unspecified atom stereocenters. The van der Waals surface area contributed by atoms with Gasteiger partial charge in [0.15, 0.2) is 0 Å². The van der Waals surface area contributed by atoms with Crippen LogP contribution in [0.2, 0.25) is 0 Å². The van der Waals surface area contributed by atoms with Gasteiger partial charge in [-0.15, -0.1) is 11.3 Å². The summed E-state index contributed by atoms with van der Waals surface area (Å²) in [6, 6.07) is 5.21. The maximum atomic E-state index is 13.4. The smallest absolute Gasteiger partial charge is 0.126 e. The van der Waals surface area contributed by atoms with Gasteiger partial charge < -0.3 is 5.32 Å². The van der Waals surface area contributed by atoms with Gasteiger partial charge in [-0.1, -0.05) is 20.8 Å². The molecule has 2 rings (SSSR count). The van der Waals surface area contributed by atoms with Gasteiger partial charge in [0.25, 0.3) is 0 Å². The molecule has 1 N–H and O–H groups in total. The molecule has 1 aromatic carbocycles. The lowest BCUT2D eigenvalue weighted by atomic mass is 10.1. The Bertz CT molecular complexity index is 605. The Labute approximate surface area is 130 Å². The number of thiazole rings is 1. The molecule has 2 nitrogen and oxygen atoms in total. The third-order valence-corrected chi connectivity index (χ3v) is 4.50. The minimum absolute atomic E-state index is 0.162. The van der Waals surface area contributed by atoms with Crippen molar-refractivity contribution >= 4 is 11.3 Å². The molecule has 1 aromatic heterocycles. The van der Waals surface area contributed by atoms with Crippen molar-refractivity contribution in [1.82, 2.24) is 10.3 Å². The molecule has 114 valence electrons. The van der Waals surface area contributed by atoms with Crippen LogP contribution in [0, 0.1) is 18.7 Å². The summed E-state index contributed by atoms with van der Waals surface area (Å²) in [6.07, 6.45) is 0.926. The first-order chi connectivity index (χ1) is 10.0. The molecule has 0 aliphatic rings. The first kappa shape index (κ1) is 16.1. The van der Waals surface area contributed by atoms with Crippen molar-refractivity contribution in [2.24, 2.45) is 5.92 Å². The van der Waals surface area contributed by atoms with E-state index in [2.05, 4.69) is 26.1 Å². The molecule has 0 amide bonds. The molecule has 0 radical (unpaired) electrons. The van der Waals surface area contributed by atoms with Gasteiger partial charge in [-0.2, -0.15) is 0 Å². The predicted molar refractivity (Wildman–Crippen MR) is 88.2 cm³/mol. The van der Waals surface area contributed by atoms with Gasteiger partial charge in [0.05, 0.1) is 5.69 Å². The Morgan fingerprint density at radius 2 is 2.10 bits per heavy atom. The minimum Gasteiger partial charge on any atom is -0.312 e. The van der Waals surface area contributed by atoms with E-state index in [0.717, 1.165) is 35.8 Å². The fraction of sp³-hybridized carbons (Fsp3) is 0.471. The van der Waals surface area contributed by atoms with Crippen LogP contribution in [-0.2, 0) is 13.0 Å². The van der Waals surface area contributed by atoms with Gasteiger partial charge in [0, 0.05) is 17.0 Å². The Kier molecular flexibility index (Phi) is 5.48. The number of aromatic nitrogens is 1. The molecule has 1 heterocycles. The molecule has 0 bridgehead atoms. The van der Waals surface area contributed by atoms with Crippen molar-refractivity contribution in [3.05, 3.63) is 40.2 Å². The Morgan fingerprint density at radius 1 is 1.33 bits per heavy atom. The van der Waals surface area contributed by atoms with Gasteiger partial charge in [-0.25, -0.2) is 9.37 Å². The average molecular weight is 306 g/mol. The molecular weight excluding hydrogens is 283 g/mol. The summed E-state index contributed by atoms with van der Waals surface area (Å²) in [7, 11) is 0. The number of hydrogen-bond donors (Lipinski definition) is 1. The van der Waals surface area contributed by atoms with E-state index < -0.39 is 0 Å². The summed E-state index contributed by atoms with van der Waals surface area (Å²) >= 11 is 1.71. The normalized spacial score (nSPS) is 11.3. The molecule has 21 heavy (non-hydrogen) atoms. The monoisotopic (exact) mass is 306 g/mol. The second kappa shape index (κ2) is 7.14. The van der Waals surface area contributed by atoms with Crippen LogP contribution in [0.15, 0.2) is 18.2 Å². The Balaban J connectivity index is 2.21. The second-order valence-corrected chi connectivity index (χ2v) is 6.81. The zero-order chi connectivity index (χ0) is 15.4. The SMILES string of the molecule is CCc1nc(-c2ccc(F)c(C)c2)sc1CNCC(C)C. The molecule has 0 spiro atoms. The summed E-state index contributed by atoms with van der Waals surface area (Å²) in [4.78, 5) is 6.01. The van der Waals surface area contributed by atoms with Gasteiger partial charge in [0.2, 0.25) is 0 Å². The molecule has 0 saturated heterocycles. The number of aryl methyl sites for hydroxylation is 2. The third kappa shape index (κ3) is 4.11. The highest BCUT2D eigenvalue weighted by Crippen LogP contribution is 2.29. The molecular formula is C17H23FN2S. The van der Waals surface area contributed by atoms with Crippen LogP contribution < -0.4 is 5.32 Å². The summed E-state index contributed by atoms with van der Waals surface area (Å²) < 4.78 is 13.4.